The quantitative estimate of drug-likeness (QED) is 0.535. The minimum Gasteiger partial charge on any atom is -0.396 e. The van der Waals surface area contributed by atoms with E-state index in [1.807, 2.05) is 13.8 Å². The van der Waals surface area contributed by atoms with Gasteiger partial charge in [0.1, 0.15) is 12.8 Å². The molecule has 1 heterocycles. The average Bonchev–Trinajstić information content (AvgIpc) is 3.21. The fourth-order valence-corrected chi connectivity index (χ4v) is 8.21. The summed E-state index contributed by atoms with van der Waals surface area (Å²) in [6, 6.07) is 0. The van der Waals surface area contributed by atoms with Gasteiger partial charge in [0.2, 0.25) is 0 Å². The van der Waals surface area contributed by atoms with Gasteiger partial charge in [0.05, 0.1) is 12.2 Å². The fourth-order valence-electron chi connectivity index (χ4n) is 8.21. The fraction of sp³-hybridized carbons (Fsp3) is 0.786. The molecule has 5 rings (SSSR count). The highest BCUT2D eigenvalue weighted by molar-refractivity contribution is 6.01. The third kappa shape index (κ3) is 3.87. The maximum atomic E-state index is 15.4. The predicted octanol–water partition coefficient (Wildman–Crippen LogP) is 3.05. The molecule has 0 unspecified atom stereocenters. The summed E-state index contributed by atoms with van der Waals surface area (Å²) in [5.74, 6) is -2.28. The number of rotatable bonds is 4. The molecule has 4 aliphatic carbocycles. The van der Waals surface area contributed by atoms with Gasteiger partial charge in [-0.25, -0.2) is 4.39 Å². The molecule has 3 saturated carbocycles. The summed E-state index contributed by atoms with van der Waals surface area (Å²) in [5.41, 5.74) is -2.50. The van der Waals surface area contributed by atoms with Gasteiger partial charge in [-0.05, 0) is 69.1 Å². The van der Waals surface area contributed by atoms with E-state index < -0.39 is 53.0 Å². The number of hydrogen-bond acceptors (Lipinski definition) is 7. The van der Waals surface area contributed by atoms with Crippen LogP contribution in [0.15, 0.2) is 23.8 Å². The highest BCUT2D eigenvalue weighted by Gasteiger charge is 2.77. The van der Waals surface area contributed by atoms with Crippen molar-refractivity contribution >= 4 is 11.6 Å². The smallest absolute Gasteiger partial charge is 0.193 e. The molecule has 5 aliphatic rings. The molecule has 1 aliphatic heterocycles. The lowest BCUT2D eigenvalue weighted by molar-refractivity contribution is -0.226. The number of alkyl halides is 1. The number of halogens is 1. The zero-order valence-electron chi connectivity index (χ0n) is 22.0. The Kier molecular flexibility index (Phi) is 7.19. The number of allylic oxidation sites excluding steroid dienone is 4. The Bertz CT molecular complexity index is 958. The van der Waals surface area contributed by atoms with E-state index in [9.17, 15) is 19.8 Å². The molecule has 7 nitrogen and oxygen atoms in total. The number of carbonyl (C=O) groups is 2. The van der Waals surface area contributed by atoms with Gasteiger partial charge in [-0.1, -0.05) is 33.3 Å². The van der Waals surface area contributed by atoms with Crippen LogP contribution < -0.4 is 0 Å². The van der Waals surface area contributed by atoms with E-state index in [4.69, 9.17) is 14.6 Å². The second-order valence-corrected chi connectivity index (χ2v) is 12.0. The standard InChI is InChI=1S/C24H31FO6.C4H10O/c1-21(2)30-19-9-14-13-8-16(25)15-7-12(27)5-6-22(15,3)20(13)17(28)10-23(14,4)24(19,31-21)18(29)11-26;1-2-3-4-5/h5-7,13-14,16-17,19-20,26,28H,8-11H2,1-4H3;5H,2-4H2,1H3/t13-,14-,16-,17-,19+,20+,22-,23-,24+;/m0./s1. The van der Waals surface area contributed by atoms with Crippen LogP contribution in [0.4, 0.5) is 4.39 Å². The van der Waals surface area contributed by atoms with Crippen LogP contribution in [0.1, 0.15) is 66.7 Å². The first-order valence-corrected chi connectivity index (χ1v) is 13.2. The van der Waals surface area contributed by atoms with Gasteiger partial charge in [0.15, 0.2) is 23.0 Å². The van der Waals surface area contributed by atoms with Gasteiger partial charge in [0.25, 0.3) is 0 Å². The Balaban J connectivity index is 0.000000556. The summed E-state index contributed by atoms with van der Waals surface area (Å²) >= 11 is 0. The molecule has 9 atom stereocenters. The van der Waals surface area contributed by atoms with Crippen molar-refractivity contribution in [2.24, 2.45) is 28.6 Å². The van der Waals surface area contributed by atoms with Crippen LogP contribution in [0.5, 0.6) is 0 Å². The Morgan fingerprint density at radius 1 is 1.19 bits per heavy atom. The van der Waals surface area contributed by atoms with Gasteiger partial charge in [-0.2, -0.15) is 0 Å². The predicted molar refractivity (Wildman–Crippen MR) is 131 cm³/mol. The summed E-state index contributed by atoms with van der Waals surface area (Å²) in [5, 5.41) is 29.3. The van der Waals surface area contributed by atoms with Crippen LogP contribution in [0.25, 0.3) is 0 Å². The van der Waals surface area contributed by atoms with Crippen molar-refractivity contribution in [2.75, 3.05) is 13.2 Å². The summed E-state index contributed by atoms with van der Waals surface area (Å²) in [6.07, 6.45) is 4.93. The Labute approximate surface area is 212 Å². The van der Waals surface area contributed by atoms with Crippen molar-refractivity contribution in [2.45, 2.75) is 96.5 Å². The molecule has 0 amide bonds. The number of Topliss-reactive ketones (excluding diaryl/α,β-unsaturated/α-hetero) is 1. The van der Waals surface area contributed by atoms with Crippen molar-refractivity contribution in [3.8, 4) is 0 Å². The Morgan fingerprint density at radius 3 is 2.47 bits per heavy atom. The number of unbranched alkanes of at least 4 members (excludes halogenated alkanes) is 1. The maximum absolute atomic E-state index is 15.4. The summed E-state index contributed by atoms with van der Waals surface area (Å²) in [4.78, 5) is 25.1. The zero-order valence-corrected chi connectivity index (χ0v) is 22.0. The number of fused-ring (bicyclic) bond motifs is 7. The summed E-state index contributed by atoms with van der Waals surface area (Å²) in [7, 11) is 0. The first-order valence-electron chi connectivity index (χ1n) is 13.2. The molecule has 4 fully saturated rings. The molecule has 0 aromatic rings. The zero-order chi connectivity index (χ0) is 26.7. The van der Waals surface area contributed by atoms with Crippen LogP contribution in [-0.2, 0) is 19.1 Å². The molecular formula is C28H41FO7. The third-order valence-corrected chi connectivity index (χ3v) is 9.54. The highest BCUT2D eigenvalue weighted by Crippen LogP contribution is 2.70. The average molecular weight is 509 g/mol. The van der Waals surface area contributed by atoms with Crippen LogP contribution in [0, 0.1) is 28.6 Å². The second-order valence-electron chi connectivity index (χ2n) is 12.0. The van der Waals surface area contributed by atoms with Crippen molar-refractivity contribution < 1.29 is 38.8 Å². The van der Waals surface area contributed by atoms with E-state index in [1.54, 1.807) is 19.9 Å². The first kappa shape index (κ1) is 27.6. The van der Waals surface area contributed by atoms with Crippen molar-refractivity contribution in [1.82, 2.24) is 0 Å². The molecule has 8 heteroatoms. The topological polar surface area (TPSA) is 113 Å². The monoisotopic (exact) mass is 508 g/mol. The minimum absolute atomic E-state index is 0.125. The Morgan fingerprint density at radius 2 is 1.89 bits per heavy atom. The molecule has 0 radical (unpaired) electrons. The van der Waals surface area contributed by atoms with Crippen molar-refractivity contribution in [3.05, 3.63) is 23.8 Å². The molecule has 202 valence electrons. The largest absolute Gasteiger partial charge is 0.396 e. The number of aliphatic hydroxyl groups excluding tert-OH is 3. The summed E-state index contributed by atoms with van der Waals surface area (Å²) < 4.78 is 27.9. The molecule has 0 aromatic heterocycles. The van der Waals surface area contributed by atoms with Gasteiger partial charge < -0.3 is 24.8 Å². The molecule has 0 bridgehead atoms. The lowest BCUT2D eigenvalue weighted by Gasteiger charge is -2.60. The first-order chi connectivity index (χ1) is 16.8. The molecule has 0 spiro atoms. The molecule has 3 N–H and O–H groups in total. The molecule has 0 aromatic carbocycles. The third-order valence-electron chi connectivity index (χ3n) is 9.54. The van der Waals surface area contributed by atoms with Crippen LogP contribution in [0.2, 0.25) is 0 Å². The van der Waals surface area contributed by atoms with Crippen LogP contribution >= 0.6 is 0 Å². The van der Waals surface area contributed by atoms with Crippen molar-refractivity contribution in [1.29, 1.82) is 0 Å². The second kappa shape index (κ2) is 9.38. The molecule has 1 saturated heterocycles. The molecule has 36 heavy (non-hydrogen) atoms. The normalized spacial score (nSPS) is 46.0. The number of aliphatic hydroxyl groups is 3. The van der Waals surface area contributed by atoms with E-state index >= 15 is 4.39 Å². The van der Waals surface area contributed by atoms with E-state index in [0.29, 0.717) is 18.6 Å². The number of hydrogen-bond donors (Lipinski definition) is 3. The minimum atomic E-state index is -1.37. The number of ketones is 2. The highest BCUT2D eigenvalue weighted by atomic mass is 19.1. The van der Waals surface area contributed by atoms with E-state index in [-0.39, 0.29) is 36.4 Å². The van der Waals surface area contributed by atoms with Gasteiger partial charge in [0, 0.05) is 23.4 Å². The van der Waals surface area contributed by atoms with E-state index in [0.717, 1.165) is 12.8 Å². The van der Waals surface area contributed by atoms with Gasteiger partial charge in [-0.15, -0.1) is 0 Å². The van der Waals surface area contributed by atoms with Crippen LogP contribution in [0.3, 0.4) is 0 Å². The van der Waals surface area contributed by atoms with Crippen molar-refractivity contribution in [3.63, 3.8) is 0 Å². The Hall–Kier alpha value is -1.45. The molecular weight excluding hydrogens is 467 g/mol. The van der Waals surface area contributed by atoms with Gasteiger partial charge in [-0.3, -0.25) is 9.59 Å². The van der Waals surface area contributed by atoms with E-state index in [1.165, 1.54) is 12.2 Å². The lowest BCUT2D eigenvalue weighted by Crippen LogP contribution is -2.64. The number of ether oxygens (including phenoxy) is 2. The lowest BCUT2D eigenvalue weighted by atomic mass is 9.46. The SMILES string of the molecule is CC1(C)O[C@@H]2C[C@H]3[C@@H]4C[C@H](F)C5=CC(=O)C=C[C@]5(C)[C@H]4[C@@H](O)C[C@]3(C)[C@]2(C(=O)CO)O1.CCCCO. The number of carbonyl (C=O) groups excluding carboxylic acids is 2. The van der Waals surface area contributed by atoms with E-state index in [2.05, 4.69) is 6.92 Å². The van der Waals surface area contributed by atoms with Gasteiger partial charge >= 0.3 is 0 Å². The maximum Gasteiger partial charge on any atom is 0.193 e. The van der Waals surface area contributed by atoms with Crippen LogP contribution in [-0.4, -0.2) is 69.9 Å². The summed E-state index contributed by atoms with van der Waals surface area (Å²) in [6.45, 7) is 9.04.